The lowest BCUT2D eigenvalue weighted by molar-refractivity contribution is 0.472. The minimum absolute atomic E-state index is 0.203. The molecule has 114 valence electrons. The van der Waals surface area contributed by atoms with E-state index in [1.165, 1.54) is 16.8 Å². The third-order valence-corrected chi connectivity index (χ3v) is 5.33. The first-order valence-electron chi connectivity index (χ1n) is 6.76. The smallest absolute Gasteiger partial charge is 0.242 e. The lowest BCUT2D eigenvalue weighted by atomic mass is 10.2. The van der Waals surface area contributed by atoms with E-state index < -0.39 is 10.0 Å². The first kappa shape index (κ1) is 14.7. The summed E-state index contributed by atoms with van der Waals surface area (Å²) >= 11 is 0. The van der Waals surface area contributed by atoms with Crippen molar-refractivity contribution in [3.05, 3.63) is 54.7 Å². The molecule has 0 spiro atoms. The van der Waals surface area contributed by atoms with Gasteiger partial charge in [0, 0.05) is 32.1 Å². The molecule has 2 aromatic heterocycles. The summed E-state index contributed by atoms with van der Waals surface area (Å²) in [5.74, 6) is 0. The quantitative estimate of drug-likeness (QED) is 0.720. The second kappa shape index (κ2) is 5.86. The molecular weight excluding hydrogens is 302 g/mol. The van der Waals surface area contributed by atoms with Gasteiger partial charge < -0.3 is 4.42 Å². The molecule has 3 rings (SSSR count). The second-order valence-electron chi connectivity index (χ2n) is 4.91. The van der Waals surface area contributed by atoms with Crippen molar-refractivity contribution in [2.24, 2.45) is 0 Å². The number of sulfonamides is 1. The van der Waals surface area contributed by atoms with Gasteiger partial charge in [-0.25, -0.2) is 17.7 Å². The molecule has 0 radical (unpaired) electrons. The number of benzene rings is 1. The van der Waals surface area contributed by atoms with Gasteiger partial charge in [-0.1, -0.05) is 0 Å². The number of hydrogen-bond acceptors (Lipinski definition) is 5. The van der Waals surface area contributed by atoms with Gasteiger partial charge in [0.15, 0.2) is 12.0 Å². The number of oxazole rings is 1. The Balaban J connectivity index is 1.79. The van der Waals surface area contributed by atoms with Gasteiger partial charge in [0.1, 0.15) is 5.52 Å². The van der Waals surface area contributed by atoms with Crippen LogP contribution in [0.4, 0.5) is 0 Å². The Hall–Kier alpha value is -2.25. The monoisotopic (exact) mass is 317 g/mol. The Morgan fingerprint density at radius 2 is 1.95 bits per heavy atom. The second-order valence-corrected chi connectivity index (χ2v) is 6.96. The largest absolute Gasteiger partial charge is 0.443 e. The maximum Gasteiger partial charge on any atom is 0.242 e. The summed E-state index contributed by atoms with van der Waals surface area (Å²) in [5.41, 5.74) is 2.14. The van der Waals surface area contributed by atoms with Gasteiger partial charge in [-0.2, -0.15) is 0 Å². The highest BCUT2D eigenvalue weighted by Crippen LogP contribution is 2.20. The van der Waals surface area contributed by atoms with Crippen LogP contribution in [-0.2, 0) is 16.4 Å². The van der Waals surface area contributed by atoms with Crippen molar-refractivity contribution in [1.29, 1.82) is 0 Å². The molecule has 6 nitrogen and oxygen atoms in total. The molecular formula is C15H15N3O3S. The van der Waals surface area contributed by atoms with Crippen LogP contribution < -0.4 is 0 Å². The van der Waals surface area contributed by atoms with Gasteiger partial charge in [0.25, 0.3) is 0 Å². The summed E-state index contributed by atoms with van der Waals surface area (Å²) in [6.45, 7) is 0.390. The Labute approximate surface area is 128 Å². The molecule has 0 fully saturated rings. The lowest BCUT2D eigenvalue weighted by Crippen LogP contribution is -2.29. The van der Waals surface area contributed by atoms with Crippen LogP contribution in [-0.4, -0.2) is 36.3 Å². The molecule has 0 aliphatic rings. The maximum atomic E-state index is 12.6. The number of fused-ring (bicyclic) bond motifs is 1. The van der Waals surface area contributed by atoms with Crippen LogP contribution in [0, 0.1) is 0 Å². The van der Waals surface area contributed by atoms with Crippen molar-refractivity contribution in [3.8, 4) is 0 Å². The molecule has 0 aliphatic heterocycles. The first-order valence-corrected chi connectivity index (χ1v) is 8.20. The fourth-order valence-corrected chi connectivity index (χ4v) is 3.32. The summed E-state index contributed by atoms with van der Waals surface area (Å²) in [5, 5.41) is 0. The van der Waals surface area contributed by atoms with Crippen LogP contribution in [0.3, 0.4) is 0 Å². The number of aromatic nitrogens is 2. The zero-order valence-corrected chi connectivity index (χ0v) is 12.8. The van der Waals surface area contributed by atoms with Gasteiger partial charge in [-0.05, 0) is 36.2 Å². The van der Waals surface area contributed by atoms with Gasteiger partial charge in [0.05, 0.1) is 4.90 Å². The minimum Gasteiger partial charge on any atom is -0.443 e. The minimum atomic E-state index is -3.55. The summed E-state index contributed by atoms with van der Waals surface area (Å²) < 4.78 is 31.6. The molecule has 1 aromatic carbocycles. The molecule has 0 unspecified atom stereocenters. The molecule has 0 aliphatic carbocycles. The van der Waals surface area contributed by atoms with E-state index >= 15 is 0 Å². The summed E-state index contributed by atoms with van der Waals surface area (Å²) in [6, 6.07) is 8.44. The number of hydrogen-bond donors (Lipinski definition) is 0. The van der Waals surface area contributed by atoms with Crippen LogP contribution >= 0.6 is 0 Å². The molecule has 3 aromatic rings. The first-order chi connectivity index (χ1) is 10.6. The zero-order chi connectivity index (χ0) is 15.6. The van der Waals surface area contributed by atoms with Crippen molar-refractivity contribution >= 4 is 21.1 Å². The van der Waals surface area contributed by atoms with Crippen LogP contribution in [0.5, 0.6) is 0 Å². The van der Waals surface area contributed by atoms with E-state index in [1.54, 1.807) is 31.6 Å². The SMILES string of the molecule is CN(CCc1ccncc1)S(=O)(=O)c1ccc2ncoc2c1. The predicted molar refractivity (Wildman–Crippen MR) is 81.8 cm³/mol. The third kappa shape index (κ3) is 2.86. The number of likely N-dealkylation sites (N-methyl/N-ethyl adjacent to an activating group) is 1. The molecule has 0 saturated heterocycles. The fourth-order valence-electron chi connectivity index (χ4n) is 2.13. The number of nitrogens with zero attached hydrogens (tertiary/aromatic N) is 3. The highest BCUT2D eigenvalue weighted by Gasteiger charge is 2.21. The van der Waals surface area contributed by atoms with E-state index in [9.17, 15) is 8.42 Å². The highest BCUT2D eigenvalue weighted by atomic mass is 32.2. The van der Waals surface area contributed by atoms with E-state index in [1.807, 2.05) is 12.1 Å². The molecule has 0 saturated carbocycles. The highest BCUT2D eigenvalue weighted by molar-refractivity contribution is 7.89. The number of rotatable bonds is 5. The van der Waals surface area contributed by atoms with Crippen molar-refractivity contribution in [3.63, 3.8) is 0 Å². The predicted octanol–water partition coefficient (Wildman–Crippen LogP) is 2.09. The van der Waals surface area contributed by atoms with Crippen LogP contribution in [0.1, 0.15) is 5.56 Å². The van der Waals surface area contributed by atoms with E-state index in [2.05, 4.69) is 9.97 Å². The van der Waals surface area contributed by atoms with Crippen LogP contribution in [0.2, 0.25) is 0 Å². The van der Waals surface area contributed by atoms with Gasteiger partial charge in [0.2, 0.25) is 10.0 Å². The average molecular weight is 317 g/mol. The number of pyridine rings is 1. The Morgan fingerprint density at radius 3 is 2.73 bits per heavy atom. The Bertz CT molecular complexity index is 875. The molecule has 22 heavy (non-hydrogen) atoms. The van der Waals surface area contributed by atoms with Crippen molar-refractivity contribution < 1.29 is 12.8 Å². The van der Waals surface area contributed by atoms with E-state index in [-0.39, 0.29) is 4.90 Å². The molecule has 0 atom stereocenters. The molecule has 0 amide bonds. The van der Waals surface area contributed by atoms with Gasteiger partial charge in [-0.15, -0.1) is 0 Å². The van der Waals surface area contributed by atoms with Gasteiger partial charge >= 0.3 is 0 Å². The maximum absolute atomic E-state index is 12.6. The average Bonchev–Trinajstić information content (AvgIpc) is 3.01. The topological polar surface area (TPSA) is 76.3 Å². The van der Waals surface area contributed by atoms with Crippen LogP contribution in [0.25, 0.3) is 11.1 Å². The van der Waals surface area contributed by atoms with Crippen molar-refractivity contribution in [1.82, 2.24) is 14.3 Å². The Kier molecular flexibility index (Phi) is 3.91. The van der Waals surface area contributed by atoms with Crippen LogP contribution in [0.15, 0.2) is 58.4 Å². The standard InChI is InChI=1S/C15H15N3O3S/c1-18(9-6-12-4-7-16-8-5-12)22(19,20)13-2-3-14-15(10-13)21-11-17-14/h2-5,7-8,10-11H,6,9H2,1H3. The lowest BCUT2D eigenvalue weighted by Gasteiger charge is -2.17. The van der Waals surface area contributed by atoms with E-state index in [4.69, 9.17) is 4.42 Å². The molecule has 2 heterocycles. The normalized spacial score (nSPS) is 12.1. The zero-order valence-electron chi connectivity index (χ0n) is 12.0. The summed E-state index contributed by atoms with van der Waals surface area (Å²) in [6.07, 6.45) is 5.32. The van der Waals surface area contributed by atoms with Gasteiger partial charge in [-0.3, -0.25) is 4.98 Å². The van der Waals surface area contributed by atoms with E-state index in [0.29, 0.717) is 24.1 Å². The molecule has 0 N–H and O–H groups in total. The summed E-state index contributed by atoms with van der Waals surface area (Å²) in [7, 11) is -1.98. The molecule has 7 heteroatoms. The fraction of sp³-hybridized carbons (Fsp3) is 0.200. The Morgan fingerprint density at radius 1 is 1.18 bits per heavy atom. The summed E-state index contributed by atoms with van der Waals surface area (Å²) in [4.78, 5) is 8.13. The van der Waals surface area contributed by atoms with E-state index in [0.717, 1.165) is 5.56 Å². The third-order valence-electron chi connectivity index (χ3n) is 3.48. The molecule has 0 bridgehead atoms. The van der Waals surface area contributed by atoms with Crippen molar-refractivity contribution in [2.75, 3.05) is 13.6 Å². The van der Waals surface area contributed by atoms with Crippen molar-refractivity contribution in [2.45, 2.75) is 11.3 Å².